The summed E-state index contributed by atoms with van der Waals surface area (Å²) in [6, 6.07) is 1.83. The fraction of sp³-hybridized carbons (Fsp3) is 0.455. The van der Waals surface area contributed by atoms with Gasteiger partial charge >= 0.3 is 0 Å². The third-order valence-corrected chi connectivity index (χ3v) is 2.71. The molecule has 2 aliphatic heterocycles. The smallest absolute Gasteiger partial charge is 0.265 e. The van der Waals surface area contributed by atoms with Gasteiger partial charge in [-0.1, -0.05) is 19.8 Å². The Bertz CT molecular complexity index is 493. The quantitative estimate of drug-likeness (QED) is 0.756. The third-order valence-electron chi connectivity index (χ3n) is 2.71. The number of carbonyl (C=O) groups excluding carboxylic acids is 1. The number of pyridine rings is 1. The molecule has 2 aliphatic rings. The van der Waals surface area contributed by atoms with Crippen LogP contribution in [-0.2, 0) is 6.42 Å². The zero-order valence-electron chi connectivity index (χ0n) is 9.73. The highest BCUT2D eigenvalue weighted by atomic mass is 16.1. The molecule has 0 atom stereocenters. The van der Waals surface area contributed by atoms with Gasteiger partial charge < -0.3 is 10.7 Å². The van der Waals surface area contributed by atoms with Crippen molar-refractivity contribution in [2.75, 3.05) is 0 Å². The molecule has 6 nitrogen and oxygen atoms in total. The summed E-state index contributed by atoms with van der Waals surface area (Å²) < 4.78 is 0. The normalized spacial score (nSPS) is 10.9. The van der Waals surface area contributed by atoms with E-state index in [1.54, 1.807) is 0 Å². The van der Waals surface area contributed by atoms with Gasteiger partial charge in [0.1, 0.15) is 11.4 Å². The Balaban J connectivity index is 2.33. The van der Waals surface area contributed by atoms with Crippen LogP contribution in [0.15, 0.2) is 6.07 Å². The van der Waals surface area contributed by atoms with Crippen LogP contribution in [0.2, 0.25) is 0 Å². The number of H-pyrrole nitrogens is 1. The predicted octanol–water partition coefficient (Wildman–Crippen LogP) is 1.14. The molecule has 1 amide bonds. The van der Waals surface area contributed by atoms with Gasteiger partial charge in [-0.3, -0.25) is 4.79 Å². The Kier molecular flexibility index (Phi) is 3.32. The second-order valence-corrected chi connectivity index (χ2v) is 4.01. The van der Waals surface area contributed by atoms with E-state index < -0.39 is 5.91 Å². The minimum atomic E-state index is -0.471. The van der Waals surface area contributed by atoms with Gasteiger partial charge in [0, 0.05) is 0 Å². The van der Waals surface area contributed by atoms with E-state index in [1.165, 1.54) is 0 Å². The number of aromatic amines is 1. The number of nitrogens with zero attached hydrogens (tertiary/aromatic N) is 3. The highest BCUT2D eigenvalue weighted by Crippen LogP contribution is 2.19. The van der Waals surface area contributed by atoms with E-state index in [9.17, 15) is 4.79 Å². The number of aromatic nitrogens is 4. The second kappa shape index (κ2) is 4.90. The maximum Gasteiger partial charge on any atom is 0.265 e. The third kappa shape index (κ3) is 2.41. The van der Waals surface area contributed by atoms with Crippen molar-refractivity contribution >= 4 is 5.91 Å². The van der Waals surface area contributed by atoms with Crippen LogP contribution in [0.4, 0.5) is 0 Å². The summed E-state index contributed by atoms with van der Waals surface area (Å²) in [7, 11) is 0. The first kappa shape index (κ1) is 11.5. The molecule has 0 radical (unpaired) electrons. The second-order valence-electron chi connectivity index (χ2n) is 4.01. The molecule has 0 aromatic rings. The van der Waals surface area contributed by atoms with Crippen molar-refractivity contribution in [2.24, 2.45) is 5.73 Å². The standard InChI is InChI=1S/C11H15N5O/c1-2-3-4-5-7-6-8-11(15-16-14-8)13-9(7)10(12)17/h6H,2-5H2,1H3,(H2,12,17)(H,13,14,15,16). The zero-order valence-corrected chi connectivity index (χ0v) is 9.73. The van der Waals surface area contributed by atoms with Crippen molar-refractivity contribution in [3.05, 3.63) is 17.3 Å². The lowest BCUT2D eigenvalue weighted by molar-refractivity contribution is 0.0994. The summed E-state index contributed by atoms with van der Waals surface area (Å²) in [5.41, 5.74) is 7.31. The molecule has 0 aliphatic carbocycles. The number of fused-ring (bicyclic) bond motifs is 1. The van der Waals surface area contributed by atoms with Gasteiger partial charge in [0.25, 0.3) is 5.91 Å². The van der Waals surface area contributed by atoms with Gasteiger partial charge in [0.05, 0.1) is 0 Å². The maximum atomic E-state index is 11.3. The minimum Gasteiger partial charge on any atom is -0.364 e. The largest absolute Gasteiger partial charge is 0.364 e. The summed E-state index contributed by atoms with van der Waals surface area (Å²) in [5.74, 6) is 0.0273. The Morgan fingerprint density at radius 1 is 1.41 bits per heavy atom. The zero-order chi connectivity index (χ0) is 12.3. The maximum absolute atomic E-state index is 11.3. The molecule has 2 rings (SSSR count). The van der Waals surface area contributed by atoms with Crippen molar-refractivity contribution in [3.8, 4) is 11.5 Å². The molecular formula is C11H15N5O. The Hall–Kier alpha value is -1.98. The average molecular weight is 233 g/mol. The minimum absolute atomic E-state index is 0.413. The van der Waals surface area contributed by atoms with E-state index >= 15 is 0 Å². The lowest BCUT2D eigenvalue weighted by atomic mass is 10.0. The van der Waals surface area contributed by atoms with Gasteiger partial charge in [0.15, 0.2) is 5.82 Å². The van der Waals surface area contributed by atoms with Crippen LogP contribution in [0.1, 0.15) is 42.2 Å². The van der Waals surface area contributed by atoms with Gasteiger partial charge in [-0.25, -0.2) is 0 Å². The van der Waals surface area contributed by atoms with Crippen LogP contribution < -0.4 is 5.73 Å². The first-order valence-corrected chi connectivity index (χ1v) is 5.73. The predicted molar refractivity (Wildman–Crippen MR) is 62.5 cm³/mol. The number of primary amides is 1. The molecule has 90 valence electrons. The molecule has 0 unspecified atom stereocenters. The highest BCUT2D eigenvalue weighted by Gasteiger charge is 2.16. The highest BCUT2D eigenvalue weighted by molar-refractivity contribution is 5.93. The van der Waals surface area contributed by atoms with Crippen molar-refractivity contribution in [3.63, 3.8) is 0 Å². The number of nitrogens with two attached hydrogens (primary N) is 1. The topological polar surface area (TPSA) is 97.6 Å². The Morgan fingerprint density at radius 2 is 2.24 bits per heavy atom. The molecular weight excluding hydrogens is 218 g/mol. The van der Waals surface area contributed by atoms with Gasteiger partial charge in [-0.2, -0.15) is 0 Å². The van der Waals surface area contributed by atoms with Crippen molar-refractivity contribution in [1.29, 1.82) is 0 Å². The molecule has 0 fully saturated rings. The Morgan fingerprint density at radius 3 is 2.94 bits per heavy atom. The molecule has 0 aromatic heterocycles. The van der Waals surface area contributed by atoms with E-state index in [0.717, 1.165) is 31.2 Å². The van der Waals surface area contributed by atoms with Gasteiger partial charge in [-0.05, 0) is 29.7 Å². The molecule has 0 saturated carbocycles. The summed E-state index contributed by atoms with van der Waals surface area (Å²) in [4.78, 5) is 14.2. The summed E-state index contributed by atoms with van der Waals surface area (Å²) in [6.45, 7) is 2.14. The van der Waals surface area contributed by atoms with E-state index in [0.29, 0.717) is 17.2 Å². The van der Waals surface area contributed by atoms with Gasteiger partial charge in [-0.15, -0.1) is 10.2 Å². The monoisotopic (exact) mass is 233 g/mol. The lowest BCUT2D eigenvalue weighted by Gasteiger charge is -2.08. The van der Waals surface area contributed by atoms with Crippen LogP contribution in [0.3, 0.4) is 0 Å². The van der Waals surface area contributed by atoms with Crippen LogP contribution in [0, 0.1) is 0 Å². The fourth-order valence-corrected chi connectivity index (χ4v) is 1.82. The van der Waals surface area contributed by atoms with E-state index in [2.05, 4.69) is 27.3 Å². The fourth-order valence-electron chi connectivity index (χ4n) is 1.82. The number of hydrogen-bond donors (Lipinski definition) is 2. The van der Waals surface area contributed by atoms with Crippen LogP contribution in [-0.4, -0.2) is 26.3 Å². The van der Waals surface area contributed by atoms with Crippen LogP contribution in [0.25, 0.3) is 11.5 Å². The number of rotatable bonds is 5. The summed E-state index contributed by atoms with van der Waals surface area (Å²) in [5, 5.41) is 11.2. The summed E-state index contributed by atoms with van der Waals surface area (Å²) >= 11 is 0. The number of nitrogens with one attached hydrogen (secondary N) is 1. The van der Waals surface area contributed by atoms with Gasteiger partial charge in [0.2, 0.25) is 0 Å². The van der Waals surface area contributed by atoms with Crippen LogP contribution in [0.5, 0.6) is 0 Å². The van der Waals surface area contributed by atoms with E-state index in [4.69, 9.17) is 5.73 Å². The number of hydrogen-bond acceptors (Lipinski definition) is 4. The number of aryl methyl sites for hydroxylation is 1. The van der Waals surface area contributed by atoms with E-state index in [-0.39, 0.29) is 0 Å². The number of carbonyl (C=O) groups is 1. The lowest BCUT2D eigenvalue weighted by Crippen LogP contribution is -2.17. The Labute approximate surface area is 99.0 Å². The number of amides is 1. The van der Waals surface area contributed by atoms with Crippen molar-refractivity contribution in [1.82, 2.24) is 20.4 Å². The first-order chi connectivity index (χ1) is 8.22. The number of unbranched alkanes of at least 4 members (excludes halogenated alkanes) is 2. The summed E-state index contributed by atoms with van der Waals surface area (Å²) in [6.07, 6.45) is 4.10. The van der Waals surface area contributed by atoms with Crippen molar-refractivity contribution < 1.29 is 4.79 Å². The first-order valence-electron chi connectivity index (χ1n) is 5.73. The molecule has 6 heteroatoms. The molecule has 0 bridgehead atoms. The van der Waals surface area contributed by atoms with Crippen LogP contribution >= 0.6 is 0 Å². The SMILES string of the molecule is CCCCCc1cc2nnnc-2[nH]c1C(N)=O. The van der Waals surface area contributed by atoms with E-state index in [1.807, 2.05) is 6.07 Å². The average Bonchev–Trinajstić information content (AvgIpc) is 2.75. The molecule has 2 heterocycles. The molecule has 0 saturated heterocycles. The molecule has 0 spiro atoms. The molecule has 3 N–H and O–H groups in total. The molecule has 0 aromatic carbocycles. The molecule has 17 heavy (non-hydrogen) atoms. The van der Waals surface area contributed by atoms with Crippen molar-refractivity contribution in [2.45, 2.75) is 32.6 Å².